The Kier molecular flexibility index (Phi) is 6.07. The molecule has 0 radical (unpaired) electrons. The van der Waals surface area contributed by atoms with Crippen LogP contribution in [0.15, 0.2) is 18.2 Å². The van der Waals surface area contributed by atoms with Gasteiger partial charge in [0.2, 0.25) is 0 Å². The maximum Gasteiger partial charge on any atom is 0.422 e. The molecule has 2 amide bonds. The van der Waals surface area contributed by atoms with Gasteiger partial charge in [0.05, 0.1) is 26.0 Å². The molecule has 7 nitrogen and oxygen atoms in total. The highest BCUT2D eigenvalue weighted by atomic mass is 19.4. The van der Waals surface area contributed by atoms with E-state index in [4.69, 9.17) is 9.47 Å². The number of halogens is 3. The summed E-state index contributed by atoms with van der Waals surface area (Å²) >= 11 is 0. The molecule has 0 unspecified atom stereocenters. The second kappa shape index (κ2) is 8.06. The fourth-order valence-electron chi connectivity index (χ4n) is 2.18. The number of carbonyl (C=O) groups excluding carboxylic acids is 2. The van der Waals surface area contributed by atoms with Crippen LogP contribution in [0.1, 0.15) is 10.4 Å². The number of alkyl halides is 3. The molecule has 1 heterocycles. The number of hydrogen-bond donors (Lipinski definition) is 1. The van der Waals surface area contributed by atoms with Gasteiger partial charge >= 0.3 is 12.3 Å². The predicted octanol–water partition coefficient (Wildman–Crippen LogP) is 2.28. The SMILES string of the molecule is COc1ccc(C(=O)N2CCOCC2)cc1NC(=O)OCC(F)(F)F. The van der Waals surface area contributed by atoms with Crippen LogP contribution in [-0.2, 0) is 9.47 Å². The molecule has 10 heteroatoms. The summed E-state index contributed by atoms with van der Waals surface area (Å²) in [4.78, 5) is 25.5. The molecule has 1 N–H and O–H groups in total. The molecule has 0 aliphatic carbocycles. The Morgan fingerprint density at radius 3 is 2.56 bits per heavy atom. The van der Waals surface area contributed by atoms with Crippen molar-refractivity contribution in [1.82, 2.24) is 4.90 Å². The van der Waals surface area contributed by atoms with E-state index in [-0.39, 0.29) is 22.9 Å². The van der Waals surface area contributed by atoms with Crippen molar-refractivity contribution >= 4 is 17.7 Å². The zero-order valence-corrected chi connectivity index (χ0v) is 13.4. The number of nitrogens with one attached hydrogen (secondary N) is 1. The van der Waals surface area contributed by atoms with E-state index >= 15 is 0 Å². The summed E-state index contributed by atoms with van der Waals surface area (Å²) in [6, 6.07) is 4.27. The van der Waals surface area contributed by atoms with Crippen LogP contribution in [0.4, 0.5) is 23.7 Å². The number of morpholine rings is 1. The normalized spacial score (nSPS) is 14.8. The van der Waals surface area contributed by atoms with Crippen molar-refractivity contribution in [2.75, 3.05) is 45.3 Å². The molecule has 0 bridgehead atoms. The first-order chi connectivity index (χ1) is 11.8. The van der Waals surface area contributed by atoms with E-state index in [2.05, 4.69) is 10.1 Å². The standard InChI is InChI=1S/C15H17F3N2O5/c1-23-12-3-2-10(13(21)20-4-6-24-7-5-20)8-11(12)19-14(22)25-9-15(16,17)18/h2-3,8H,4-7,9H2,1H3,(H,19,22). The molecule has 0 aromatic heterocycles. The Bertz CT molecular complexity index is 630. The second-order valence-electron chi connectivity index (χ2n) is 5.14. The van der Waals surface area contributed by atoms with E-state index < -0.39 is 18.9 Å². The first-order valence-electron chi connectivity index (χ1n) is 7.36. The number of carbonyl (C=O) groups is 2. The fourth-order valence-corrected chi connectivity index (χ4v) is 2.18. The van der Waals surface area contributed by atoms with Crippen molar-refractivity contribution < 1.29 is 37.0 Å². The van der Waals surface area contributed by atoms with Crippen LogP contribution in [0.3, 0.4) is 0 Å². The molecule has 1 aliphatic heterocycles. The molecule has 1 aromatic rings. The summed E-state index contributed by atoms with van der Waals surface area (Å²) in [6.07, 6.45) is -5.93. The molecule has 0 saturated carbocycles. The maximum atomic E-state index is 12.4. The monoisotopic (exact) mass is 362 g/mol. The Hall–Kier alpha value is -2.49. The summed E-state index contributed by atoms with van der Waals surface area (Å²) in [5.41, 5.74) is 0.294. The van der Waals surface area contributed by atoms with E-state index in [1.165, 1.54) is 25.3 Å². The third-order valence-corrected chi connectivity index (χ3v) is 3.35. The molecule has 1 aromatic carbocycles. The smallest absolute Gasteiger partial charge is 0.422 e. The lowest BCUT2D eigenvalue weighted by Gasteiger charge is -2.27. The molecule has 1 saturated heterocycles. The highest BCUT2D eigenvalue weighted by molar-refractivity contribution is 5.97. The van der Waals surface area contributed by atoms with E-state index in [9.17, 15) is 22.8 Å². The van der Waals surface area contributed by atoms with Gasteiger partial charge in [0.25, 0.3) is 5.91 Å². The first-order valence-corrected chi connectivity index (χ1v) is 7.36. The molecule has 2 rings (SSSR count). The predicted molar refractivity (Wildman–Crippen MR) is 80.7 cm³/mol. The quantitative estimate of drug-likeness (QED) is 0.889. The molecular weight excluding hydrogens is 345 g/mol. The lowest BCUT2D eigenvalue weighted by atomic mass is 10.1. The van der Waals surface area contributed by atoms with Crippen molar-refractivity contribution in [1.29, 1.82) is 0 Å². The number of benzene rings is 1. The number of hydrogen-bond acceptors (Lipinski definition) is 5. The Labute approximate surface area is 141 Å². The van der Waals surface area contributed by atoms with Crippen LogP contribution in [0, 0.1) is 0 Å². The Morgan fingerprint density at radius 1 is 1.28 bits per heavy atom. The lowest BCUT2D eigenvalue weighted by molar-refractivity contribution is -0.159. The molecule has 1 fully saturated rings. The van der Waals surface area contributed by atoms with Crippen molar-refractivity contribution in [2.45, 2.75) is 6.18 Å². The number of ether oxygens (including phenoxy) is 3. The molecule has 1 aliphatic rings. The van der Waals surface area contributed by atoms with Gasteiger partial charge in [-0.25, -0.2) is 4.79 Å². The highest BCUT2D eigenvalue weighted by Gasteiger charge is 2.30. The zero-order valence-electron chi connectivity index (χ0n) is 13.4. The minimum atomic E-state index is -4.63. The van der Waals surface area contributed by atoms with Gasteiger partial charge in [-0.1, -0.05) is 0 Å². The van der Waals surface area contributed by atoms with Gasteiger partial charge in [0, 0.05) is 18.7 Å². The van der Waals surface area contributed by atoms with Crippen LogP contribution in [0.2, 0.25) is 0 Å². The summed E-state index contributed by atoms with van der Waals surface area (Å²) in [5, 5.41) is 2.15. The van der Waals surface area contributed by atoms with Gasteiger partial charge in [-0.05, 0) is 18.2 Å². The van der Waals surface area contributed by atoms with Crippen molar-refractivity contribution in [3.8, 4) is 5.75 Å². The minimum Gasteiger partial charge on any atom is -0.495 e. The fraction of sp³-hybridized carbons (Fsp3) is 0.467. The lowest BCUT2D eigenvalue weighted by Crippen LogP contribution is -2.40. The van der Waals surface area contributed by atoms with E-state index in [0.29, 0.717) is 26.3 Å². The highest BCUT2D eigenvalue weighted by Crippen LogP contribution is 2.27. The van der Waals surface area contributed by atoms with Gasteiger partial charge < -0.3 is 19.1 Å². The van der Waals surface area contributed by atoms with Crippen LogP contribution in [-0.4, -0.2) is 63.1 Å². The molecule has 0 atom stereocenters. The average molecular weight is 362 g/mol. The van der Waals surface area contributed by atoms with Crippen LogP contribution < -0.4 is 10.1 Å². The number of nitrogens with zero attached hydrogens (tertiary/aromatic N) is 1. The number of rotatable bonds is 4. The van der Waals surface area contributed by atoms with Crippen LogP contribution in [0.25, 0.3) is 0 Å². The minimum absolute atomic E-state index is 0.0359. The van der Waals surface area contributed by atoms with Gasteiger partial charge in [-0.3, -0.25) is 10.1 Å². The van der Waals surface area contributed by atoms with Gasteiger partial charge in [-0.2, -0.15) is 13.2 Å². The topological polar surface area (TPSA) is 77.1 Å². The second-order valence-corrected chi connectivity index (χ2v) is 5.14. The summed E-state index contributed by atoms with van der Waals surface area (Å²) in [7, 11) is 1.32. The molecule has 0 spiro atoms. The van der Waals surface area contributed by atoms with Gasteiger partial charge in [0.1, 0.15) is 5.75 Å². The third kappa shape index (κ3) is 5.52. The van der Waals surface area contributed by atoms with E-state index in [0.717, 1.165) is 0 Å². The third-order valence-electron chi connectivity index (χ3n) is 3.35. The number of anilines is 1. The Balaban J connectivity index is 2.10. The van der Waals surface area contributed by atoms with Crippen molar-refractivity contribution in [3.63, 3.8) is 0 Å². The van der Waals surface area contributed by atoms with E-state index in [1.54, 1.807) is 4.90 Å². The van der Waals surface area contributed by atoms with Crippen LogP contribution >= 0.6 is 0 Å². The first kappa shape index (κ1) is 18.8. The summed E-state index contributed by atoms with van der Waals surface area (Å²) in [6.45, 7) is 0.00356. The zero-order chi connectivity index (χ0) is 18.4. The largest absolute Gasteiger partial charge is 0.495 e. The van der Waals surface area contributed by atoms with Gasteiger partial charge in [-0.15, -0.1) is 0 Å². The van der Waals surface area contributed by atoms with E-state index in [1.807, 2.05) is 0 Å². The van der Waals surface area contributed by atoms with Crippen molar-refractivity contribution in [3.05, 3.63) is 23.8 Å². The number of amides is 2. The molecular formula is C15H17F3N2O5. The van der Waals surface area contributed by atoms with Gasteiger partial charge in [0.15, 0.2) is 6.61 Å². The average Bonchev–Trinajstić information content (AvgIpc) is 2.59. The molecule has 25 heavy (non-hydrogen) atoms. The summed E-state index contributed by atoms with van der Waals surface area (Å²) < 4.78 is 50.6. The van der Waals surface area contributed by atoms with Crippen LogP contribution in [0.5, 0.6) is 5.75 Å². The number of methoxy groups -OCH3 is 1. The summed E-state index contributed by atoms with van der Waals surface area (Å²) in [5.74, 6) is -0.0971. The maximum absolute atomic E-state index is 12.4. The Morgan fingerprint density at radius 2 is 1.96 bits per heavy atom. The van der Waals surface area contributed by atoms with Crippen molar-refractivity contribution in [2.24, 2.45) is 0 Å². The molecule has 138 valence electrons.